The van der Waals surface area contributed by atoms with Gasteiger partial charge >= 0.3 is 8.56 Å². The van der Waals surface area contributed by atoms with Crippen LogP contribution in [0.4, 0.5) is 5.69 Å². The predicted octanol–water partition coefficient (Wildman–Crippen LogP) is 7.00. The molecule has 0 spiro atoms. The van der Waals surface area contributed by atoms with Crippen molar-refractivity contribution in [1.82, 2.24) is 0 Å². The molecule has 1 rings (SSSR count). The average Bonchev–Trinajstić information content (AvgIpc) is 2.69. The minimum Gasteiger partial charge on any atom is -0.520 e. The highest BCUT2D eigenvalue weighted by Crippen LogP contribution is 2.25. The Morgan fingerprint density at radius 3 is 1.85 bits per heavy atom. The Labute approximate surface area is 165 Å². The van der Waals surface area contributed by atoms with Gasteiger partial charge in [0.1, 0.15) is 5.75 Å². The van der Waals surface area contributed by atoms with Crippen LogP contribution in [0.25, 0.3) is 0 Å². The summed E-state index contributed by atoms with van der Waals surface area (Å²) in [5.74, 6) is 0.669. The highest BCUT2D eigenvalue weighted by Gasteiger charge is 2.35. The van der Waals surface area contributed by atoms with Gasteiger partial charge in [0.25, 0.3) is 5.69 Å². The molecule has 0 aliphatic rings. The molecule has 0 aliphatic heterocycles. The van der Waals surface area contributed by atoms with Crippen LogP contribution in [0.15, 0.2) is 24.3 Å². The first-order valence-corrected chi connectivity index (χ1v) is 12.9. The van der Waals surface area contributed by atoms with Gasteiger partial charge in [0, 0.05) is 18.7 Å². The van der Waals surface area contributed by atoms with Crippen LogP contribution in [-0.4, -0.2) is 20.1 Å². The van der Waals surface area contributed by atoms with Crippen LogP contribution in [-0.2, 0) is 4.43 Å². The molecule has 0 aromatic heterocycles. The Balaban J connectivity index is 2.32. The Morgan fingerprint density at radius 1 is 0.852 bits per heavy atom. The lowest BCUT2D eigenvalue weighted by atomic mass is 10.1. The van der Waals surface area contributed by atoms with Crippen molar-refractivity contribution in [2.24, 2.45) is 0 Å². The van der Waals surface area contributed by atoms with Crippen molar-refractivity contribution in [3.05, 3.63) is 34.4 Å². The standard InChI is InChI=1S/C21H37NO4Si/c1-4-7-8-9-10-11-12-13-14-19-25-27(5-2,6-3)26-21-17-15-20(16-18-21)22(23)24/h15-18H,4-14,19H2,1-3H3. The fraction of sp³-hybridized carbons (Fsp3) is 0.714. The number of unbranched alkanes of at least 4 members (excludes halogenated alkanes) is 8. The molecule has 5 nitrogen and oxygen atoms in total. The van der Waals surface area contributed by atoms with Gasteiger partial charge in [-0.05, 0) is 30.6 Å². The molecule has 0 saturated carbocycles. The maximum atomic E-state index is 10.8. The average molecular weight is 396 g/mol. The molecule has 0 atom stereocenters. The maximum absolute atomic E-state index is 10.8. The molecule has 0 heterocycles. The summed E-state index contributed by atoms with van der Waals surface area (Å²) in [6.45, 7) is 7.22. The molecular weight excluding hydrogens is 358 g/mol. The van der Waals surface area contributed by atoms with Crippen molar-refractivity contribution in [3.63, 3.8) is 0 Å². The SMILES string of the molecule is CCCCCCCCCCCO[Si](CC)(CC)Oc1ccc([N+](=O)[O-])cc1. The number of nitrogens with zero attached hydrogens (tertiary/aromatic N) is 1. The summed E-state index contributed by atoms with van der Waals surface area (Å²) >= 11 is 0. The zero-order valence-electron chi connectivity index (χ0n) is 17.4. The molecule has 154 valence electrons. The van der Waals surface area contributed by atoms with E-state index in [1.54, 1.807) is 12.1 Å². The molecule has 0 bridgehead atoms. The Kier molecular flexibility index (Phi) is 12.0. The monoisotopic (exact) mass is 395 g/mol. The third-order valence-electron chi connectivity index (χ3n) is 5.04. The number of nitro groups is 1. The highest BCUT2D eigenvalue weighted by atomic mass is 28.4. The molecule has 0 amide bonds. The summed E-state index contributed by atoms with van der Waals surface area (Å²) in [7, 11) is -2.29. The predicted molar refractivity (Wildman–Crippen MR) is 114 cm³/mol. The first-order chi connectivity index (χ1) is 13.1. The summed E-state index contributed by atoms with van der Waals surface area (Å²) in [5, 5.41) is 10.8. The van der Waals surface area contributed by atoms with E-state index < -0.39 is 13.5 Å². The summed E-state index contributed by atoms with van der Waals surface area (Å²) in [5.41, 5.74) is 0.0817. The summed E-state index contributed by atoms with van der Waals surface area (Å²) in [6, 6.07) is 8.07. The lowest BCUT2D eigenvalue weighted by Gasteiger charge is -2.29. The van der Waals surface area contributed by atoms with Crippen molar-refractivity contribution >= 4 is 14.2 Å². The third-order valence-corrected chi connectivity index (χ3v) is 8.53. The van der Waals surface area contributed by atoms with Gasteiger partial charge in [-0.15, -0.1) is 0 Å². The normalized spacial score (nSPS) is 11.5. The molecule has 0 saturated heterocycles. The van der Waals surface area contributed by atoms with E-state index >= 15 is 0 Å². The second-order valence-electron chi connectivity index (χ2n) is 7.15. The number of non-ortho nitro benzene ring substituents is 1. The van der Waals surface area contributed by atoms with E-state index in [9.17, 15) is 10.1 Å². The van der Waals surface area contributed by atoms with Crippen molar-refractivity contribution in [2.75, 3.05) is 6.61 Å². The van der Waals surface area contributed by atoms with E-state index in [-0.39, 0.29) is 5.69 Å². The van der Waals surface area contributed by atoms with Crippen molar-refractivity contribution in [1.29, 1.82) is 0 Å². The zero-order valence-corrected chi connectivity index (χ0v) is 18.4. The quantitative estimate of drug-likeness (QED) is 0.131. The first-order valence-electron chi connectivity index (χ1n) is 10.6. The molecule has 1 aromatic rings. The molecule has 0 aliphatic carbocycles. The topological polar surface area (TPSA) is 61.6 Å². The molecule has 0 N–H and O–H groups in total. The summed E-state index contributed by atoms with van der Waals surface area (Å²) in [4.78, 5) is 10.4. The van der Waals surface area contributed by atoms with Crippen LogP contribution < -0.4 is 4.43 Å². The van der Waals surface area contributed by atoms with Crippen LogP contribution in [0, 0.1) is 10.1 Å². The lowest BCUT2D eigenvalue weighted by molar-refractivity contribution is -0.384. The van der Waals surface area contributed by atoms with Crippen LogP contribution >= 0.6 is 0 Å². The summed E-state index contributed by atoms with van der Waals surface area (Å²) < 4.78 is 12.5. The highest BCUT2D eigenvalue weighted by molar-refractivity contribution is 6.68. The van der Waals surface area contributed by atoms with E-state index in [1.165, 1.54) is 63.5 Å². The van der Waals surface area contributed by atoms with Crippen molar-refractivity contribution in [3.8, 4) is 5.75 Å². The Morgan fingerprint density at radius 2 is 1.37 bits per heavy atom. The molecule has 1 aromatic carbocycles. The second-order valence-corrected chi connectivity index (χ2v) is 10.9. The van der Waals surface area contributed by atoms with Crippen LogP contribution in [0.3, 0.4) is 0 Å². The number of rotatable bonds is 16. The van der Waals surface area contributed by atoms with Gasteiger partial charge in [0.05, 0.1) is 4.92 Å². The Bertz CT molecular complexity index is 517. The van der Waals surface area contributed by atoms with Crippen LogP contribution in [0.1, 0.15) is 78.6 Å². The number of benzene rings is 1. The molecule has 0 fully saturated rings. The molecule has 6 heteroatoms. The molecule has 0 unspecified atom stereocenters. The minimum atomic E-state index is -2.29. The minimum absolute atomic E-state index is 0.0817. The van der Waals surface area contributed by atoms with Gasteiger partial charge in [0.2, 0.25) is 0 Å². The smallest absolute Gasteiger partial charge is 0.398 e. The van der Waals surface area contributed by atoms with E-state index in [0.717, 1.165) is 25.1 Å². The second kappa shape index (κ2) is 13.7. The van der Waals surface area contributed by atoms with Crippen LogP contribution in [0.2, 0.25) is 12.1 Å². The van der Waals surface area contributed by atoms with E-state index in [4.69, 9.17) is 8.85 Å². The van der Waals surface area contributed by atoms with Gasteiger partial charge in [-0.3, -0.25) is 10.1 Å². The van der Waals surface area contributed by atoms with Gasteiger partial charge in [-0.25, -0.2) is 0 Å². The molecule has 0 radical (unpaired) electrons. The fourth-order valence-electron chi connectivity index (χ4n) is 3.15. The number of nitro benzene ring substituents is 1. The zero-order chi connectivity index (χ0) is 20.0. The van der Waals surface area contributed by atoms with Gasteiger partial charge in [-0.1, -0.05) is 72.1 Å². The van der Waals surface area contributed by atoms with E-state index in [2.05, 4.69) is 20.8 Å². The maximum Gasteiger partial charge on any atom is 0.398 e. The van der Waals surface area contributed by atoms with E-state index in [0.29, 0.717) is 5.75 Å². The fourth-order valence-corrected chi connectivity index (χ4v) is 5.49. The summed E-state index contributed by atoms with van der Waals surface area (Å²) in [6.07, 6.45) is 11.7. The number of hydrogen-bond donors (Lipinski definition) is 0. The molecular formula is C21H37NO4Si. The van der Waals surface area contributed by atoms with Crippen molar-refractivity contribution in [2.45, 2.75) is 90.6 Å². The van der Waals surface area contributed by atoms with Gasteiger partial charge in [0.15, 0.2) is 0 Å². The van der Waals surface area contributed by atoms with Crippen molar-refractivity contribution < 1.29 is 13.8 Å². The largest absolute Gasteiger partial charge is 0.520 e. The first kappa shape index (κ1) is 23.6. The van der Waals surface area contributed by atoms with E-state index in [1.807, 2.05) is 0 Å². The van der Waals surface area contributed by atoms with Crippen LogP contribution in [0.5, 0.6) is 5.75 Å². The van der Waals surface area contributed by atoms with Gasteiger partial charge < -0.3 is 8.85 Å². The van der Waals surface area contributed by atoms with Gasteiger partial charge in [-0.2, -0.15) is 0 Å². The number of hydrogen-bond acceptors (Lipinski definition) is 4. The Hall–Kier alpha value is -1.40. The third kappa shape index (κ3) is 9.38. The molecule has 27 heavy (non-hydrogen) atoms. The lowest BCUT2D eigenvalue weighted by Crippen LogP contribution is -2.44.